The first-order valence-corrected chi connectivity index (χ1v) is 11.5. The number of aryl methyl sites for hydroxylation is 2. The van der Waals surface area contributed by atoms with Gasteiger partial charge in [-0.05, 0) is 52.3 Å². The number of hydrogen-bond acceptors (Lipinski definition) is 5. The second-order valence-electron chi connectivity index (χ2n) is 6.97. The van der Waals surface area contributed by atoms with Crippen LogP contribution in [0.1, 0.15) is 37.3 Å². The van der Waals surface area contributed by atoms with Crippen LogP contribution in [0.3, 0.4) is 0 Å². The van der Waals surface area contributed by atoms with E-state index < -0.39 is 5.25 Å². The van der Waals surface area contributed by atoms with Gasteiger partial charge in [0.15, 0.2) is 5.16 Å². The normalized spacial score (nSPS) is 12.6. The third kappa shape index (κ3) is 4.33. The maximum absolute atomic E-state index is 13.1. The van der Waals surface area contributed by atoms with Crippen molar-refractivity contribution in [2.75, 3.05) is 5.32 Å². The molecule has 0 fully saturated rings. The SMILES string of the molecule is Cc1sc2nc(SC(C)C(=O)Nc3c(Cl)cccc3Cl)n(C(C)C)c(=O)c2c1C. The number of para-hydroxylation sites is 1. The summed E-state index contributed by atoms with van der Waals surface area (Å²) in [5, 5.41) is 4.17. The van der Waals surface area contributed by atoms with Crippen LogP contribution in [-0.4, -0.2) is 20.7 Å². The number of aromatic nitrogens is 2. The molecule has 9 heteroatoms. The molecule has 5 nitrogen and oxygen atoms in total. The lowest BCUT2D eigenvalue weighted by atomic mass is 10.2. The molecular weight excluding hydrogens is 449 g/mol. The Hall–Kier alpha value is -1.54. The van der Waals surface area contributed by atoms with Gasteiger partial charge in [0.05, 0.1) is 26.4 Å². The number of carbonyl (C=O) groups is 1. The van der Waals surface area contributed by atoms with Crippen LogP contribution < -0.4 is 10.9 Å². The number of thiophene rings is 1. The summed E-state index contributed by atoms with van der Waals surface area (Å²) in [7, 11) is 0. The van der Waals surface area contributed by atoms with Gasteiger partial charge in [0.1, 0.15) is 4.83 Å². The van der Waals surface area contributed by atoms with Crippen LogP contribution >= 0.6 is 46.3 Å². The van der Waals surface area contributed by atoms with Gasteiger partial charge in [-0.25, -0.2) is 4.98 Å². The van der Waals surface area contributed by atoms with Gasteiger partial charge in [-0.15, -0.1) is 11.3 Å². The Morgan fingerprint density at radius 1 is 1.21 bits per heavy atom. The fourth-order valence-corrected chi connectivity index (χ4v) is 5.48. The number of anilines is 1. The van der Waals surface area contributed by atoms with Crippen molar-refractivity contribution in [3.63, 3.8) is 0 Å². The van der Waals surface area contributed by atoms with Gasteiger partial charge >= 0.3 is 0 Å². The van der Waals surface area contributed by atoms with Crippen LogP contribution in [0.4, 0.5) is 5.69 Å². The van der Waals surface area contributed by atoms with Crippen molar-refractivity contribution in [2.45, 2.75) is 51.1 Å². The largest absolute Gasteiger partial charge is 0.323 e. The van der Waals surface area contributed by atoms with E-state index in [1.807, 2.05) is 27.7 Å². The Morgan fingerprint density at radius 3 is 2.41 bits per heavy atom. The van der Waals surface area contributed by atoms with Gasteiger partial charge < -0.3 is 5.32 Å². The van der Waals surface area contributed by atoms with E-state index in [0.717, 1.165) is 10.4 Å². The second-order valence-corrected chi connectivity index (χ2v) is 10.3. The molecule has 0 aliphatic heterocycles. The molecule has 1 N–H and O–H groups in total. The van der Waals surface area contributed by atoms with Crippen molar-refractivity contribution < 1.29 is 4.79 Å². The van der Waals surface area contributed by atoms with Crippen LogP contribution in [-0.2, 0) is 4.79 Å². The molecular formula is C20H21Cl2N3O2S2. The third-order valence-electron chi connectivity index (χ3n) is 4.58. The van der Waals surface area contributed by atoms with Crippen molar-refractivity contribution in [1.82, 2.24) is 9.55 Å². The van der Waals surface area contributed by atoms with Crippen molar-refractivity contribution >= 4 is 68.1 Å². The quantitative estimate of drug-likeness (QED) is 0.363. The molecule has 29 heavy (non-hydrogen) atoms. The number of benzene rings is 1. The third-order valence-corrected chi connectivity index (χ3v) is 7.38. The molecule has 1 atom stereocenters. The molecule has 1 aromatic carbocycles. The van der Waals surface area contributed by atoms with Gasteiger partial charge in [-0.2, -0.15) is 0 Å². The van der Waals surface area contributed by atoms with Gasteiger partial charge in [0.25, 0.3) is 5.56 Å². The standard InChI is InChI=1S/C20H21Cl2N3O2S2/c1-9(2)25-19(27)15-10(3)11(4)28-18(15)24-20(25)29-12(5)17(26)23-16-13(21)7-6-8-14(16)22/h6-9,12H,1-5H3,(H,23,26). The smallest absolute Gasteiger partial charge is 0.263 e. The summed E-state index contributed by atoms with van der Waals surface area (Å²) < 4.78 is 1.65. The maximum atomic E-state index is 13.1. The molecule has 3 rings (SSSR count). The Bertz CT molecular complexity index is 1130. The first-order chi connectivity index (χ1) is 13.6. The van der Waals surface area contributed by atoms with Crippen molar-refractivity contribution in [3.05, 3.63) is 49.0 Å². The number of fused-ring (bicyclic) bond motifs is 1. The summed E-state index contributed by atoms with van der Waals surface area (Å²) in [6, 6.07) is 4.95. The molecule has 1 unspecified atom stereocenters. The van der Waals surface area contributed by atoms with Crippen molar-refractivity contribution in [3.8, 4) is 0 Å². The van der Waals surface area contributed by atoms with Gasteiger partial charge in [-0.1, -0.05) is 41.0 Å². The monoisotopic (exact) mass is 469 g/mol. The number of thioether (sulfide) groups is 1. The average molecular weight is 470 g/mol. The number of hydrogen-bond donors (Lipinski definition) is 1. The minimum atomic E-state index is -0.515. The average Bonchev–Trinajstić information content (AvgIpc) is 2.92. The lowest BCUT2D eigenvalue weighted by molar-refractivity contribution is -0.115. The number of nitrogens with one attached hydrogen (secondary N) is 1. The second kappa shape index (κ2) is 8.68. The molecule has 3 aromatic rings. The first-order valence-electron chi connectivity index (χ1n) is 9.05. The predicted molar refractivity (Wildman–Crippen MR) is 124 cm³/mol. The zero-order chi connectivity index (χ0) is 21.5. The fourth-order valence-electron chi connectivity index (χ4n) is 2.88. The molecule has 1 amide bonds. The zero-order valence-electron chi connectivity index (χ0n) is 16.7. The number of rotatable bonds is 5. The maximum Gasteiger partial charge on any atom is 0.263 e. The van der Waals surface area contributed by atoms with Crippen LogP contribution in [0, 0.1) is 13.8 Å². The van der Waals surface area contributed by atoms with Gasteiger partial charge in [-0.3, -0.25) is 14.2 Å². The zero-order valence-corrected chi connectivity index (χ0v) is 19.8. The van der Waals surface area contributed by atoms with E-state index in [-0.39, 0.29) is 17.5 Å². The highest BCUT2D eigenvalue weighted by Gasteiger charge is 2.23. The summed E-state index contributed by atoms with van der Waals surface area (Å²) in [6.45, 7) is 9.55. The Balaban J connectivity index is 1.95. The highest BCUT2D eigenvalue weighted by atomic mass is 35.5. The topological polar surface area (TPSA) is 64.0 Å². The Morgan fingerprint density at radius 2 is 1.83 bits per heavy atom. The minimum Gasteiger partial charge on any atom is -0.323 e. The highest BCUT2D eigenvalue weighted by molar-refractivity contribution is 8.00. The highest BCUT2D eigenvalue weighted by Crippen LogP contribution is 2.33. The lowest BCUT2D eigenvalue weighted by Crippen LogP contribution is -2.28. The molecule has 0 radical (unpaired) electrons. The molecule has 0 saturated carbocycles. The lowest BCUT2D eigenvalue weighted by Gasteiger charge is -2.18. The number of amides is 1. The van der Waals surface area contributed by atoms with E-state index in [1.54, 1.807) is 29.7 Å². The van der Waals surface area contributed by atoms with E-state index in [9.17, 15) is 9.59 Å². The summed E-state index contributed by atoms with van der Waals surface area (Å²) in [4.78, 5) is 32.4. The Labute approximate surface area is 187 Å². The molecule has 0 aliphatic carbocycles. The van der Waals surface area contributed by atoms with E-state index in [2.05, 4.69) is 5.32 Å². The predicted octanol–water partition coefficient (Wildman–Crippen LogP) is 6.08. The minimum absolute atomic E-state index is 0.0730. The van der Waals surface area contributed by atoms with E-state index >= 15 is 0 Å². The van der Waals surface area contributed by atoms with Crippen LogP contribution in [0.25, 0.3) is 10.2 Å². The number of halogens is 2. The van der Waals surface area contributed by atoms with Crippen molar-refractivity contribution in [1.29, 1.82) is 0 Å². The number of carbonyl (C=O) groups excluding carboxylic acids is 1. The van der Waals surface area contributed by atoms with Crippen molar-refractivity contribution in [2.24, 2.45) is 0 Å². The molecule has 0 aliphatic rings. The summed E-state index contributed by atoms with van der Waals surface area (Å²) in [6.07, 6.45) is 0. The fraction of sp³-hybridized carbons (Fsp3) is 0.350. The van der Waals surface area contributed by atoms with Crippen LogP contribution in [0.15, 0.2) is 28.2 Å². The van der Waals surface area contributed by atoms with Gasteiger partial charge in [0, 0.05) is 10.9 Å². The van der Waals surface area contributed by atoms with Gasteiger partial charge in [0.2, 0.25) is 5.91 Å². The number of nitrogens with zero attached hydrogens (tertiary/aromatic N) is 2. The van der Waals surface area contributed by atoms with E-state index in [4.69, 9.17) is 28.2 Å². The molecule has 0 spiro atoms. The van der Waals surface area contributed by atoms with Crippen LogP contribution in [0.5, 0.6) is 0 Å². The molecule has 2 heterocycles. The van der Waals surface area contributed by atoms with Crippen LogP contribution in [0.2, 0.25) is 10.0 Å². The molecule has 0 saturated heterocycles. The Kier molecular flexibility index (Phi) is 6.63. The summed E-state index contributed by atoms with van der Waals surface area (Å²) >= 11 is 15.0. The van der Waals surface area contributed by atoms with E-state index in [1.165, 1.54) is 23.1 Å². The molecule has 2 aromatic heterocycles. The summed E-state index contributed by atoms with van der Waals surface area (Å²) in [5.41, 5.74) is 1.27. The van der Waals surface area contributed by atoms with E-state index in [0.29, 0.717) is 31.1 Å². The summed E-state index contributed by atoms with van der Waals surface area (Å²) in [5.74, 6) is -0.270. The molecule has 0 bridgehead atoms. The first kappa shape index (κ1) is 22.2. The molecule has 154 valence electrons.